The Balaban J connectivity index is 2.18. The van der Waals surface area contributed by atoms with Crippen molar-refractivity contribution in [2.24, 2.45) is 9.98 Å². The molecule has 0 aromatic heterocycles. The third kappa shape index (κ3) is 3.40. The zero-order valence-corrected chi connectivity index (χ0v) is 14.6. The molecule has 0 atom stereocenters. The number of nitrogens with zero attached hydrogens (tertiary/aromatic N) is 2. The van der Waals surface area contributed by atoms with Crippen LogP contribution in [0.25, 0.3) is 0 Å². The van der Waals surface area contributed by atoms with Gasteiger partial charge in [-0.2, -0.15) is 0 Å². The van der Waals surface area contributed by atoms with E-state index in [1.165, 1.54) is 11.1 Å². The molecule has 0 spiro atoms. The van der Waals surface area contributed by atoms with Gasteiger partial charge in [0.25, 0.3) is 0 Å². The highest BCUT2D eigenvalue weighted by Gasteiger charge is 2.19. The van der Waals surface area contributed by atoms with Crippen LogP contribution in [0.4, 0.5) is 5.69 Å². The molecule has 1 aliphatic rings. The maximum atomic E-state index is 5.73. The number of ether oxygens (including phenoxy) is 1. The monoisotopic (exact) mass is 320 g/mol. The topological polar surface area (TPSA) is 34.0 Å². The Morgan fingerprint density at radius 1 is 1.12 bits per heavy atom. The van der Waals surface area contributed by atoms with Crippen LogP contribution in [-0.2, 0) is 11.2 Å². The molecule has 0 N–H and O–H groups in total. The summed E-state index contributed by atoms with van der Waals surface area (Å²) < 4.78 is 5.73. The second-order valence-corrected chi connectivity index (χ2v) is 6.22. The normalized spacial score (nSPS) is 14.7. The summed E-state index contributed by atoms with van der Waals surface area (Å²) in [5.74, 6) is 1.07. The number of para-hydroxylation sites is 1. The SMILES string of the molecule is CCc1cccc(C(C)C)c1/N=C(/C1=NCCO1)c1ccccc1. The first-order chi connectivity index (χ1) is 11.7. The van der Waals surface area contributed by atoms with Crippen molar-refractivity contribution in [3.8, 4) is 0 Å². The first kappa shape index (κ1) is 16.4. The summed E-state index contributed by atoms with van der Waals surface area (Å²) in [5, 5.41) is 0. The molecule has 0 unspecified atom stereocenters. The minimum atomic E-state index is 0.415. The summed E-state index contributed by atoms with van der Waals surface area (Å²) in [6.45, 7) is 7.92. The van der Waals surface area contributed by atoms with Gasteiger partial charge in [-0.15, -0.1) is 0 Å². The van der Waals surface area contributed by atoms with Gasteiger partial charge in [0, 0.05) is 5.56 Å². The molecule has 124 valence electrons. The average molecular weight is 320 g/mol. The number of hydrogen-bond donors (Lipinski definition) is 0. The van der Waals surface area contributed by atoms with Crippen LogP contribution < -0.4 is 0 Å². The van der Waals surface area contributed by atoms with E-state index >= 15 is 0 Å². The summed E-state index contributed by atoms with van der Waals surface area (Å²) in [4.78, 5) is 9.57. The summed E-state index contributed by atoms with van der Waals surface area (Å²) in [7, 11) is 0. The van der Waals surface area contributed by atoms with Gasteiger partial charge < -0.3 is 4.74 Å². The number of aliphatic imine (C=N–C) groups is 2. The molecule has 0 saturated carbocycles. The second kappa shape index (κ2) is 7.43. The quantitative estimate of drug-likeness (QED) is 0.720. The van der Waals surface area contributed by atoms with Gasteiger partial charge >= 0.3 is 0 Å². The predicted molar refractivity (Wildman–Crippen MR) is 101 cm³/mol. The van der Waals surface area contributed by atoms with E-state index in [1.54, 1.807) is 0 Å². The van der Waals surface area contributed by atoms with Gasteiger partial charge in [0.15, 0.2) is 0 Å². The zero-order chi connectivity index (χ0) is 16.9. The highest BCUT2D eigenvalue weighted by Crippen LogP contribution is 2.32. The molecule has 0 bridgehead atoms. The molecule has 0 fully saturated rings. The van der Waals surface area contributed by atoms with Gasteiger partial charge in [0.05, 0.1) is 12.2 Å². The fraction of sp³-hybridized carbons (Fsp3) is 0.333. The first-order valence-corrected chi connectivity index (χ1v) is 8.64. The molecule has 2 aromatic carbocycles. The van der Waals surface area contributed by atoms with Crippen LogP contribution in [0.3, 0.4) is 0 Å². The van der Waals surface area contributed by atoms with Crippen molar-refractivity contribution in [1.82, 2.24) is 0 Å². The van der Waals surface area contributed by atoms with Crippen molar-refractivity contribution in [3.05, 3.63) is 65.2 Å². The highest BCUT2D eigenvalue weighted by molar-refractivity contribution is 6.46. The summed E-state index contributed by atoms with van der Waals surface area (Å²) >= 11 is 0. The molecule has 0 radical (unpaired) electrons. The van der Waals surface area contributed by atoms with Gasteiger partial charge in [0.1, 0.15) is 12.3 Å². The van der Waals surface area contributed by atoms with E-state index in [0.717, 1.165) is 23.4 Å². The molecule has 24 heavy (non-hydrogen) atoms. The van der Waals surface area contributed by atoms with Crippen molar-refractivity contribution >= 4 is 17.3 Å². The molecule has 1 aliphatic heterocycles. The van der Waals surface area contributed by atoms with Crippen molar-refractivity contribution in [1.29, 1.82) is 0 Å². The molecular weight excluding hydrogens is 296 g/mol. The lowest BCUT2D eigenvalue weighted by molar-refractivity contribution is 0.353. The Morgan fingerprint density at radius 3 is 2.54 bits per heavy atom. The lowest BCUT2D eigenvalue weighted by atomic mass is 9.96. The minimum Gasteiger partial charge on any atom is -0.474 e. The van der Waals surface area contributed by atoms with E-state index in [0.29, 0.717) is 25.0 Å². The van der Waals surface area contributed by atoms with Gasteiger partial charge in [0.2, 0.25) is 5.90 Å². The molecule has 3 nitrogen and oxygen atoms in total. The van der Waals surface area contributed by atoms with Crippen LogP contribution in [0.5, 0.6) is 0 Å². The molecular formula is C21H24N2O. The van der Waals surface area contributed by atoms with Crippen LogP contribution in [0.1, 0.15) is 43.4 Å². The molecule has 3 heteroatoms. The largest absolute Gasteiger partial charge is 0.474 e. The van der Waals surface area contributed by atoms with Crippen molar-refractivity contribution in [2.75, 3.05) is 13.2 Å². The van der Waals surface area contributed by atoms with Gasteiger partial charge in [-0.3, -0.25) is 0 Å². The summed E-state index contributed by atoms with van der Waals surface area (Å²) in [5.41, 5.74) is 5.45. The standard InChI is InChI=1S/C21H24N2O/c1-4-16-11-8-12-18(15(2)3)19(16)23-20(21-22-13-14-24-21)17-9-6-5-7-10-17/h5-12,15H,4,13-14H2,1-3H3/b23-20+. The Bertz CT molecular complexity index is 761. The Hall–Kier alpha value is -2.42. The summed E-state index contributed by atoms with van der Waals surface area (Å²) in [6, 6.07) is 16.6. The lowest BCUT2D eigenvalue weighted by Crippen LogP contribution is -2.16. The maximum Gasteiger partial charge on any atom is 0.236 e. The molecule has 0 saturated heterocycles. The van der Waals surface area contributed by atoms with Crippen molar-refractivity contribution in [2.45, 2.75) is 33.1 Å². The van der Waals surface area contributed by atoms with E-state index in [-0.39, 0.29) is 0 Å². The Labute approximate surface area is 144 Å². The third-order valence-electron chi connectivity index (χ3n) is 4.21. The Morgan fingerprint density at radius 2 is 1.92 bits per heavy atom. The zero-order valence-electron chi connectivity index (χ0n) is 14.6. The van der Waals surface area contributed by atoms with Crippen LogP contribution in [0.2, 0.25) is 0 Å². The molecule has 2 aromatic rings. The third-order valence-corrected chi connectivity index (χ3v) is 4.21. The number of benzene rings is 2. The van der Waals surface area contributed by atoms with Crippen LogP contribution in [0.15, 0.2) is 58.5 Å². The van der Waals surface area contributed by atoms with Gasteiger partial charge in [-0.25, -0.2) is 9.98 Å². The first-order valence-electron chi connectivity index (χ1n) is 8.64. The van der Waals surface area contributed by atoms with E-state index in [1.807, 2.05) is 18.2 Å². The number of rotatable bonds is 5. The number of aryl methyl sites for hydroxylation is 1. The molecule has 0 aliphatic carbocycles. The van der Waals surface area contributed by atoms with E-state index < -0.39 is 0 Å². The van der Waals surface area contributed by atoms with Gasteiger partial charge in [-0.05, 0) is 23.5 Å². The fourth-order valence-electron chi connectivity index (χ4n) is 2.92. The van der Waals surface area contributed by atoms with Crippen LogP contribution in [-0.4, -0.2) is 24.8 Å². The van der Waals surface area contributed by atoms with E-state index in [4.69, 9.17) is 9.73 Å². The predicted octanol–water partition coefficient (Wildman–Crippen LogP) is 4.92. The fourth-order valence-corrected chi connectivity index (χ4v) is 2.92. The minimum absolute atomic E-state index is 0.415. The van der Waals surface area contributed by atoms with E-state index in [2.05, 4.69) is 56.1 Å². The molecule has 1 heterocycles. The van der Waals surface area contributed by atoms with Crippen LogP contribution in [0, 0.1) is 0 Å². The van der Waals surface area contributed by atoms with Crippen LogP contribution >= 0.6 is 0 Å². The maximum absolute atomic E-state index is 5.73. The second-order valence-electron chi connectivity index (χ2n) is 6.22. The summed E-state index contributed by atoms with van der Waals surface area (Å²) in [6.07, 6.45) is 0.953. The highest BCUT2D eigenvalue weighted by atomic mass is 16.5. The van der Waals surface area contributed by atoms with E-state index in [9.17, 15) is 0 Å². The van der Waals surface area contributed by atoms with Crippen molar-refractivity contribution < 1.29 is 4.74 Å². The average Bonchev–Trinajstić information content (AvgIpc) is 3.14. The molecule has 3 rings (SSSR count). The lowest BCUT2D eigenvalue weighted by Gasteiger charge is -2.15. The van der Waals surface area contributed by atoms with Gasteiger partial charge in [-0.1, -0.05) is 69.3 Å². The van der Waals surface area contributed by atoms with Crippen molar-refractivity contribution in [3.63, 3.8) is 0 Å². The Kier molecular flexibility index (Phi) is 5.09. The molecule has 0 amide bonds. The number of hydrogen-bond acceptors (Lipinski definition) is 3. The smallest absolute Gasteiger partial charge is 0.236 e.